The van der Waals surface area contributed by atoms with Crippen LogP contribution >= 0.6 is 12.4 Å². The molecule has 6 heteroatoms. The summed E-state index contributed by atoms with van der Waals surface area (Å²) < 4.78 is 25.4. The van der Waals surface area contributed by atoms with Gasteiger partial charge in [0.25, 0.3) is 0 Å². The molecule has 1 aliphatic rings. The topological polar surface area (TPSA) is 58.2 Å². The highest BCUT2D eigenvalue weighted by Crippen LogP contribution is 2.07. The Balaban J connectivity index is 0.00000225. The molecule has 16 heavy (non-hydrogen) atoms. The maximum Gasteiger partial charge on any atom is 0.211 e. The maximum absolute atomic E-state index is 11.4. The number of rotatable bonds is 7. The van der Waals surface area contributed by atoms with Crippen LogP contribution in [0.25, 0.3) is 0 Å². The molecule has 0 aromatic rings. The molecule has 1 rings (SSSR count). The van der Waals surface area contributed by atoms with Crippen LogP contribution in [0.2, 0.25) is 0 Å². The molecule has 96 valence electrons. The van der Waals surface area contributed by atoms with E-state index in [0.29, 0.717) is 19.0 Å². The van der Waals surface area contributed by atoms with Gasteiger partial charge in [-0.1, -0.05) is 6.08 Å². The van der Waals surface area contributed by atoms with E-state index in [0.717, 1.165) is 19.4 Å². The fourth-order valence-electron chi connectivity index (χ4n) is 1.70. The molecule has 1 saturated heterocycles. The quantitative estimate of drug-likeness (QED) is 0.679. The van der Waals surface area contributed by atoms with Gasteiger partial charge in [0.1, 0.15) is 0 Å². The lowest BCUT2D eigenvalue weighted by molar-refractivity contribution is 0.539. The number of nitrogens with one attached hydrogen (secondary N) is 2. The molecule has 4 nitrogen and oxygen atoms in total. The molecule has 0 aromatic carbocycles. The number of hydrogen-bond acceptors (Lipinski definition) is 3. The van der Waals surface area contributed by atoms with Gasteiger partial charge in [0.15, 0.2) is 0 Å². The molecule has 0 saturated carbocycles. The lowest BCUT2D eigenvalue weighted by Gasteiger charge is -2.10. The van der Waals surface area contributed by atoms with Crippen LogP contribution in [-0.2, 0) is 10.0 Å². The Hall–Kier alpha value is -0.100. The zero-order valence-electron chi connectivity index (χ0n) is 9.44. The monoisotopic (exact) mass is 268 g/mol. The maximum atomic E-state index is 11.4. The van der Waals surface area contributed by atoms with E-state index in [1.54, 1.807) is 6.08 Å². The predicted molar refractivity (Wildman–Crippen MR) is 69.5 cm³/mol. The molecule has 1 atom stereocenters. The van der Waals surface area contributed by atoms with E-state index in [-0.39, 0.29) is 18.2 Å². The van der Waals surface area contributed by atoms with E-state index in [2.05, 4.69) is 16.6 Å². The normalized spacial score (nSPS) is 20.4. The molecule has 0 amide bonds. The van der Waals surface area contributed by atoms with Crippen molar-refractivity contribution in [2.45, 2.75) is 31.7 Å². The number of sulfonamides is 1. The SMILES string of the molecule is C=CCCS(=O)(=O)NCC[C@H]1CCCN1.Cl. The summed E-state index contributed by atoms with van der Waals surface area (Å²) in [5.74, 6) is 0.147. The van der Waals surface area contributed by atoms with Crippen molar-refractivity contribution < 1.29 is 8.42 Å². The summed E-state index contributed by atoms with van der Waals surface area (Å²) in [6, 6.07) is 0.493. The molecule has 1 fully saturated rings. The van der Waals surface area contributed by atoms with Gasteiger partial charge in [-0.05, 0) is 32.2 Å². The second-order valence-electron chi connectivity index (χ2n) is 3.87. The van der Waals surface area contributed by atoms with Gasteiger partial charge < -0.3 is 5.32 Å². The van der Waals surface area contributed by atoms with Gasteiger partial charge in [-0.2, -0.15) is 0 Å². The molecule has 0 unspecified atom stereocenters. The molecular formula is C10H21ClN2O2S. The largest absolute Gasteiger partial charge is 0.314 e. The van der Waals surface area contributed by atoms with Crippen LogP contribution < -0.4 is 10.0 Å². The van der Waals surface area contributed by atoms with Gasteiger partial charge in [0, 0.05) is 12.6 Å². The van der Waals surface area contributed by atoms with E-state index in [9.17, 15) is 8.42 Å². The summed E-state index contributed by atoms with van der Waals surface area (Å²) in [6.07, 6.45) is 5.38. The third-order valence-electron chi connectivity index (χ3n) is 2.57. The first-order valence-corrected chi connectivity index (χ1v) is 7.11. The average Bonchev–Trinajstić information content (AvgIpc) is 2.67. The van der Waals surface area contributed by atoms with Gasteiger partial charge >= 0.3 is 0 Å². The van der Waals surface area contributed by atoms with Crippen molar-refractivity contribution in [1.29, 1.82) is 0 Å². The summed E-state index contributed by atoms with van der Waals surface area (Å²) in [6.45, 7) is 5.11. The Labute approximate surface area is 104 Å². The Morgan fingerprint density at radius 1 is 1.50 bits per heavy atom. The van der Waals surface area contributed by atoms with Crippen molar-refractivity contribution in [2.75, 3.05) is 18.8 Å². The zero-order chi connectivity index (χ0) is 11.1. The molecule has 1 heterocycles. The first-order chi connectivity index (χ1) is 7.14. The highest BCUT2D eigenvalue weighted by molar-refractivity contribution is 7.89. The molecule has 0 aliphatic carbocycles. The molecule has 0 spiro atoms. The highest BCUT2D eigenvalue weighted by Gasteiger charge is 2.15. The zero-order valence-corrected chi connectivity index (χ0v) is 11.1. The summed E-state index contributed by atoms with van der Waals surface area (Å²) in [7, 11) is -3.08. The van der Waals surface area contributed by atoms with Crippen molar-refractivity contribution in [3.05, 3.63) is 12.7 Å². The molecule has 0 aromatic heterocycles. The third kappa shape index (κ3) is 6.48. The second kappa shape index (κ2) is 8.06. The van der Waals surface area contributed by atoms with Crippen molar-refractivity contribution in [3.8, 4) is 0 Å². The highest BCUT2D eigenvalue weighted by atomic mass is 35.5. The summed E-state index contributed by atoms with van der Waals surface area (Å²) in [5, 5.41) is 3.34. The van der Waals surface area contributed by atoms with E-state index in [1.807, 2.05) is 0 Å². The van der Waals surface area contributed by atoms with Gasteiger partial charge in [0.2, 0.25) is 10.0 Å². The summed E-state index contributed by atoms with van der Waals surface area (Å²) in [5.41, 5.74) is 0. The van der Waals surface area contributed by atoms with Crippen LogP contribution in [-0.4, -0.2) is 33.3 Å². The van der Waals surface area contributed by atoms with Crippen molar-refractivity contribution >= 4 is 22.4 Å². The van der Waals surface area contributed by atoms with Crippen LogP contribution in [0.3, 0.4) is 0 Å². The van der Waals surface area contributed by atoms with Crippen LogP contribution in [0.1, 0.15) is 25.7 Å². The Morgan fingerprint density at radius 3 is 2.81 bits per heavy atom. The number of allylic oxidation sites excluding steroid dienone is 1. The second-order valence-corrected chi connectivity index (χ2v) is 5.80. The third-order valence-corrected chi connectivity index (χ3v) is 3.98. The molecule has 2 N–H and O–H groups in total. The van der Waals surface area contributed by atoms with E-state index in [4.69, 9.17) is 0 Å². The summed E-state index contributed by atoms with van der Waals surface area (Å²) in [4.78, 5) is 0. The molecular weight excluding hydrogens is 248 g/mol. The minimum atomic E-state index is -3.08. The first kappa shape index (κ1) is 15.9. The Bertz CT molecular complexity index is 287. The van der Waals surface area contributed by atoms with E-state index >= 15 is 0 Å². The van der Waals surface area contributed by atoms with Crippen LogP contribution in [0, 0.1) is 0 Å². The first-order valence-electron chi connectivity index (χ1n) is 5.45. The van der Waals surface area contributed by atoms with Crippen LogP contribution in [0.4, 0.5) is 0 Å². The Kier molecular flexibility index (Phi) is 8.01. The lowest BCUT2D eigenvalue weighted by Crippen LogP contribution is -2.31. The van der Waals surface area contributed by atoms with Crippen molar-refractivity contribution in [3.63, 3.8) is 0 Å². The molecule has 0 radical (unpaired) electrons. The van der Waals surface area contributed by atoms with Crippen LogP contribution in [0.5, 0.6) is 0 Å². The predicted octanol–water partition coefficient (Wildman–Crippen LogP) is 1.05. The number of hydrogen-bond donors (Lipinski definition) is 2. The van der Waals surface area contributed by atoms with Gasteiger partial charge in [-0.3, -0.25) is 0 Å². The lowest BCUT2D eigenvalue weighted by atomic mass is 10.2. The molecule has 0 bridgehead atoms. The number of halogens is 1. The average molecular weight is 269 g/mol. The van der Waals surface area contributed by atoms with Crippen molar-refractivity contribution in [2.24, 2.45) is 0 Å². The van der Waals surface area contributed by atoms with E-state index < -0.39 is 10.0 Å². The molecule has 1 aliphatic heterocycles. The van der Waals surface area contributed by atoms with Gasteiger partial charge in [-0.25, -0.2) is 13.1 Å². The standard InChI is InChI=1S/C10H20N2O2S.ClH/c1-2-3-9-15(13,14)12-8-6-10-5-4-7-11-10;/h2,10-12H,1,3-9H2;1H/t10-;/m1./s1. The van der Waals surface area contributed by atoms with E-state index in [1.165, 1.54) is 6.42 Å². The fraction of sp³-hybridized carbons (Fsp3) is 0.800. The minimum Gasteiger partial charge on any atom is -0.314 e. The van der Waals surface area contributed by atoms with Gasteiger partial charge in [0.05, 0.1) is 5.75 Å². The smallest absolute Gasteiger partial charge is 0.211 e. The van der Waals surface area contributed by atoms with Crippen LogP contribution in [0.15, 0.2) is 12.7 Å². The van der Waals surface area contributed by atoms with Crippen molar-refractivity contribution in [1.82, 2.24) is 10.0 Å². The minimum absolute atomic E-state index is 0. The van der Waals surface area contributed by atoms with Gasteiger partial charge in [-0.15, -0.1) is 19.0 Å². The Morgan fingerprint density at radius 2 is 2.25 bits per heavy atom. The fourth-order valence-corrected chi connectivity index (χ4v) is 2.75. The summed E-state index contributed by atoms with van der Waals surface area (Å²) >= 11 is 0.